The summed E-state index contributed by atoms with van der Waals surface area (Å²) in [6.07, 6.45) is 0.340. The zero-order chi connectivity index (χ0) is 13.7. The molecule has 0 atom stereocenters. The van der Waals surface area contributed by atoms with Gasteiger partial charge in [-0.25, -0.2) is 0 Å². The van der Waals surface area contributed by atoms with E-state index in [0.717, 1.165) is 26.8 Å². The molecule has 2 N–H and O–H groups in total. The Morgan fingerprint density at radius 1 is 1.16 bits per heavy atom. The van der Waals surface area contributed by atoms with Gasteiger partial charge in [0.05, 0.1) is 12.5 Å². The van der Waals surface area contributed by atoms with Crippen molar-refractivity contribution in [1.29, 1.82) is 5.26 Å². The van der Waals surface area contributed by atoms with E-state index in [4.69, 9.17) is 22.6 Å². The lowest BCUT2D eigenvalue weighted by atomic mass is 10.1. The number of rotatable bonds is 4. The van der Waals surface area contributed by atoms with Crippen LogP contribution in [0.5, 0.6) is 0 Å². The molecule has 0 bridgehead atoms. The molecular weight excluding hydrogens is 276 g/mol. The van der Waals surface area contributed by atoms with Gasteiger partial charge in [-0.2, -0.15) is 5.26 Å². The molecular formula is C15H13ClN2S. The molecule has 19 heavy (non-hydrogen) atoms. The van der Waals surface area contributed by atoms with E-state index >= 15 is 0 Å². The Labute approximate surface area is 122 Å². The third kappa shape index (κ3) is 3.66. The molecule has 0 saturated carbocycles. The first-order valence-corrected chi connectivity index (χ1v) is 7.18. The third-order valence-electron chi connectivity index (χ3n) is 2.74. The second-order valence-electron chi connectivity index (χ2n) is 4.08. The summed E-state index contributed by atoms with van der Waals surface area (Å²) in [6, 6.07) is 15.7. The molecule has 2 aromatic rings. The summed E-state index contributed by atoms with van der Waals surface area (Å²) in [4.78, 5) is 1.10. The molecule has 0 aliphatic heterocycles. The van der Waals surface area contributed by atoms with Crippen molar-refractivity contribution in [3.63, 3.8) is 0 Å². The van der Waals surface area contributed by atoms with Crippen LogP contribution in [-0.2, 0) is 12.2 Å². The number of nitrogens with zero attached hydrogens (tertiary/aromatic N) is 1. The van der Waals surface area contributed by atoms with Crippen molar-refractivity contribution >= 4 is 29.1 Å². The third-order valence-corrected chi connectivity index (χ3v) is 4.15. The second-order valence-corrected chi connectivity index (χ2v) is 5.53. The van der Waals surface area contributed by atoms with Crippen LogP contribution in [0.2, 0.25) is 5.02 Å². The van der Waals surface area contributed by atoms with Gasteiger partial charge >= 0.3 is 0 Å². The molecule has 4 heteroatoms. The Morgan fingerprint density at radius 2 is 1.95 bits per heavy atom. The Kier molecular flexibility index (Phi) is 4.73. The number of thioether (sulfide) groups is 1. The minimum atomic E-state index is 0.340. The number of halogens is 1. The molecule has 0 unspecified atom stereocenters. The van der Waals surface area contributed by atoms with Crippen LogP contribution in [-0.4, -0.2) is 0 Å². The fraction of sp³-hybridized carbons (Fsp3) is 0.133. The van der Waals surface area contributed by atoms with E-state index in [2.05, 4.69) is 6.07 Å². The molecule has 0 spiro atoms. The molecule has 0 amide bonds. The first-order valence-electron chi connectivity index (χ1n) is 5.82. The van der Waals surface area contributed by atoms with Crippen LogP contribution in [0, 0.1) is 11.3 Å². The van der Waals surface area contributed by atoms with Gasteiger partial charge in [0.2, 0.25) is 0 Å². The van der Waals surface area contributed by atoms with Gasteiger partial charge in [0, 0.05) is 21.4 Å². The van der Waals surface area contributed by atoms with Crippen molar-refractivity contribution in [2.75, 3.05) is 5.73 Å². The van der Waals surface area contributed by atoms with Gasteiger partial charge in [-0.15, -0.1) is 11.8 Å². The van der Waals surface area contributed by atoms with Gasteiger partial charge in [-0.3, -0.25) is 0 Å². The van der Waals surface area contributed by atoms with E-state index in [9.17, 15) is 0 Å². The second kappa shape index (κ2) is 6.51. The van der Waals surface area contributed by atoms with E-state index in [1.54, 1.807) is 11.8 Å². The van der Waals surface area contributed by atoms with Crippen molar-refractivity contribution in [3.8, 4) is 6.07 Å². The molecule has 0 radical (unpaired) electrons. The molecule has 0 fully saturated rings. The van der Waals surface area contributed by atoms with E-state index in [-0.39, 0.29) is 0 Å². The van der Waals surface area contributed by atoms with Gasteiger partial charge in [0.15, 0.2) is 0 Å². The van der Waals surface area contributed by atoms with Crippen LogP contribution in [0.15, 0.2) is 47.4 Å². The highest BCUT2D eigenvalue weighted by Gasteiger charge is 2.04. The number of hydrogen-bond donors (Lipinski definition) is 1. The standard InChI is InChI=1S/C15H13ClN2S/c16-14-4-2-1-3-12(14)10-19-13-5-6-15(18)11(9-13)7-8-17/h1-6,9H,7,10,18H2. The Balaban J connectivity index is 2.10. The Hall–Kier alpha value is -1.63. The normalized spacial score (nSPS) is 10.1. The van der Waals surface area contributed by atoms with Crippen LogP contribution < -0.4 is 5.73 Å². The van der Waals surface area contributed by atoms with Crippen molar-refractivity contribution < 1.29 is 0 Å². The van der Waals surface area contributed by atoms with Crippen LogP contribution in [0.25, 0.3) is 0 Å². The highest BCUT2D eigenvalue weighted by Crippen LogP contribution is 2.28. The monoisotopic (exact) mass is 288 g/mol. The van der Waals surface area contributed by atoms with Crippen LogP contribution in [0.4, 0.5) is 5.69 Å². The quantitative estimate of drug-likeness (QED) is 0.675. The minimum absolute atomic E-state index is 0.340. The zero-order valence-corrected chi connectivity index (χ0v) is 11.8. The summed E-state index contributed by atoms with van der Waals surface area (Å²) >= 11 is 7.81. The predicted molar refractivity (Wildman–Crippen MR) is 81.2 cm³/mol. The van der Waals surface area contributed by atoms with Crippen molar-refractivity contribution in [1.82, 2.24) is 0 Å². The number of nitrogens with two attached hydrogens (primary N) is 1. The molecule has 0 aromatic heterocycles. The van der Waals surface area contributed by atoms with Crippen molar-refractivity contribution in [3.05, 3.63) is 58.6 Å². The van der Waals surface area contributed by atoms with Crippen LogP contribution in [0.3, 0.4) is 0 Å². The molecule has 0 aliphatic carbocycles. The lowest BCUT2D eigenvalue weighted by molar-refractivity contribution is 1.23. The summed E-state index contributed by atoms with van der Waals surface area (Å²) in [6.45, 7) is 0. The predicted octanol–water partition coefficient (Wildman–Crippen LogP) is 4.28. The van der Waals surface area contributed by atoms with Crippen LogP contribution in [0.1, 0.15) is 11.1 Å². The number of nitrogen functional groups attached to an aromatic ring is 1. The lowest BCUT2D eigenvalue weighted by Crippen LogP contribution is -1.93. The Bertz CT molecular complexity index is 620. The summed E-state index contributed by atoms with van der Waals surface area (Å²) in [7, 11) is 0. The fourth-order valence-electron chi connectivity index (χ4n) is 1.69. The highest BCUT2D eigenvalue weighted by molar-refractivity contribution is 7.98. The number of nitriles is 1. The van der Waals surface area contributed by atoms with E-state index in [0.29, 0.717) is 12.1 Å². The first-order chi connectivity index (χ1) is 9.20. The Morgan fingerprint density at radius 3 is 2.68 bits per heavy atom. The number of anilines is 1. The minimum Gasteiger partial charge on any atom is -0.398 e. The van der Waals surface area contributed by atoms with E-state index in [1.807, 2.05) is 42.5 Å². The van der Waals surface area contributed by atoms with Gasteiger partial charge < -0.3 is 5.73 Å². The smallest absolute Gasteiger partial charge is 0.0670 e. The van der Waals surface area contributed by atoms with Crippen molar-refractivity contribution in [2.45, 2.75) is 17.1 Å². The summed E-state index contributed by atoms with van der Waals surface area (Å²) in [5.74, 6) is 0.801. The molecule has 0 aliphatic rings. The van der Waals surface area contributed by atoms with Gasteiger partial charge in [0.1, 0.15) is 0 Å². The number of hydrogen-bond acceptors (Lipinski definition) is 3. The average Bonchev–Trinajstić information content (AvgIpc) is 2.41. The molecule has 0 heterocycles. The maximum atomic E-state index is 8.75. The molecule has 2 nitrogen and oxygen atoms in total. The van der Waals surface area contributed by atoms with Gasteiger partial charge in [-0.1, -0.05) is 29.8 Å². The SMILES string of the molecule is N#CCc1cc(SCc2ccccc2Cl)ccc1N. The maximum Gasteiger partial charge on any atom is 0.0670 e. The van der Waals surface area contributed by atoms with Crippen LogP contribution >= 0.6 is 23.4 Å². The molecule has 96 valence electrons. The molecule has 0 saturated heterocycles. The summed E-state index contributed by atoms with van der Waals surface area (Å²) < 4.78 is 0. The summed E-state index contributed by atoms with van der Waals surface area (Å²) in [5.41, 5.74) is 8.48. The topological polar surface area (TPSA) is 49.8 Å². The molecule has 2 aromatic carbocycles. The average molecular weight is 289 g/mol. The first kappa shape index (κ1) is 13.8. The summed E-state index contributed by atoms with van der Waals surface area (Å²) in [5, 5.41) is 9.53. The fourth-order valence-corrected chi connectivity index (χ4v) is 2.93. The molecule has 2 rings (SSSR count). The maximum absolute atomic E-state index is 8.75. The highest BCUT2D eigenvalue weighted by atomic mass is 35.5. The zero-order valence-electron chi connectivity index (χ0n) is 10.3. The van der Waals surface area contributed by atoms with Crippen molar-refractivity contribution in [2.24, 2.45) is 0 Å². The van der Waals surface area contributed by atoms with E-state index < -0.39 is 0 Å². The van der Waals surface area contributed by atoms with Gasteiger partial charge in [-0.05, 0) is 35.4 Å². The largest absolute Gasteiger partial charge is 0.398 e. The number of benzene rings is 2. The lowest BCUT2D eigenvalue weighted by Gasteiger charge is -2.07. The van der Waals surface area contributed by atoms with E-state index in [1.165, 1.54) is 0 Å². The van der Waals surface area contributed by atoms with Gasteiger partial charge in [0.25, 0.3) is 0 Å².